The fourth-order valence-electron chi connectivity index (χ4n) is 4.66. The Kier molecular flexibility index (Phi) is 6.45. The number of nitrogens with zero attached hydrogens (tertiary/aromatic N) is 1. The molecule has 2 aliphatic rings. The number of phenolic OH excluding ortho intramolecular Hbond substituents is 1. The number of methoxy groups -OCH3 is 2. The second kappa shape index (κ2) is 9.15. The summed E-state index contributed by atoms with van der Waals surface area (Å²) in [6, 6.07) is 6.48. The number of halogens is 2. The number of carbonyl (C=O) groups is 2. The average molecular weight is 492 g/mol. The summed E-state index contributed by atoms with van der Waals surface area (Å²) < 4.78 is 10.3. The quantitative estimate of drug-likeness (QED) is 0.343. The fourth-order valence-corrected chi connectivity index (χ4v) is 5.30. The van der Waals surface area contributed by atoms with Gasteiger partial charge in [-0.05, 0) is 42.7 Å². The standard InChI is InChI=1S/C24H23Cl2NO6/c1-32-18-8-7-12(11-17(18)28)20-19(22(30)24(31)27(20)14-5-3-4-6-14)21(29)13-9-15(25)23(33-2)16(26)10-13/h7-11,14,20,28-29H,3-6H2,1-2H3/b21-19+. The van der Waals surface area contributed by atoms with E-state index < -0.39 is 23.5 Å². The van der Waals surface area contributed by atoms with E-state index in [0.717, 1.165) is 25.7 Å². The van der Waals surface area contributed by atoms with E-state index in [1.54, 1.807) is 12.1 Å². The molecule has 0 bridgehead atoms. The lowest BCUT2D eigenvalue weighted by molar-refractivity contribution is -0.141. The number of likely N-dealkylation sites (tertiary alicyclic amines) is 1. The van der Waals surface area contributed by atoms with Crippen molar-refractivity contribution in [1.82, 2.24) is 4.90 Å². The summed E-state index contributed by atoms with van der Waals surface area (Å²) in [5.41, 5.74) is 0.568. The number of aromatic hydroxyl groups is 1. The first-order chi connectivity index (χ1) is 15.8. The Morgan fingerprint density at radius 3 is 2.21 bits per heavy atom. The number of amides is 1. The van der Waals surface area contributed by atoms with Crippen LogP contribution in [0.3, 0.4) is 0 Å². The maximum Gasteiger partial charge on any atom is 0.295 e. The molecule has 9 heteroatoms. The molecule has 2 fully saturated rings. The number of rotatable bonds is 5. The van der Waals surface area contributed by atoms with Crippen LogP contribution in [-0.2, 0) is 9.59 Å². The first kappa shape index (κ1) is 23.3. The minimum atomic E-state index is -0.885. The maximum absolute atomic E-state index is 13.2. The van der Waals surface area contributed by atoms with Crippen molar-refractivity contribution < 1.29 is 29.3 Å². The lowest BCUT2D eigenvalue weighted by atomic mass is 9.94. The van der Waals surface area contributed by atoms with Gasteiger partial charge in [-0.15, -0.1) is 0 Å². The molecular formula is C24H23Cl2NO6. The Hall–Kier alpha value is -2.90. The highest BCUT2D eigenvalue weighted by atomic mass is 35.5. The molecule has 1 unspecified atom stereocenters. The minimum Gasteiger partial charge on any atom is -0.507 e. The molecule has 174 valence electrons. The van der Waals surface area contributed by atoms with Crippen LogP contribution in [0.4, 0.5) is 0 Å². The van der Waals surface area contributed by atoms with Crippen LogP contribution in [0.25, 0.3) is 5.76 Å². The van der Waals surface area contributed by atoms with Gasteiger partial charge in [0, 0.05) is 11.6 Å². The molecule has 1 saturated heterocycles. The maximum atomic E-state index is 13.2. The van der Waals surface area contributed by atoms with Gasteiger partial charge >= 0.3 is 0 Å². The van der Waals surface area contributed by atoms with E-state index in [2.05, 4.69) is 0 Å². The summed E-state index contributed by atoms with van der Waals surface area (Å²) >= 11 is 12.5. The van der Waals surface area contributed by atoms with Crippen molar-refractivity contribution in [3.05, 3.63) is 57.1 Å². The molecule has 1 amide bonds. The monoisotopic (exact) mass is 491 g/mol. The van der Waals surface area contributed by atoms with Crippen LogP contribution >= 0.6 is 23.2 Å². The van der Waals surface area contributed by atoms with Gasteiger partial charge in [-0.1, -0.05) is 42.1 Å². The Balaban J connectivity index is 1.91. The van der Waals surface area contributed by atoms with Gasteiger partial charge in [0.05, 0.1) is 35.9 Å². The summed E-state index contributed by atoms with van der Waals surface area (Å²) in [6.45, 7) is 0. The molecular weight excluding hydrogens is 469 g/mol. The second-order valence-corrected chi connectivity index (χ2v) is 8.86. The van der Waals surface area contributed by atoms with Crippen LogP contribution in [-0.4, -0.2) is 47.1 Å². The van der Waals surface area contributed by atoms with E-state index in [4.69, 9.17) is 32.7 Å². The van der Waals surface area contributed by atoms with Gasteiger partial charge in [0.25, 0.3) is 11.7 Å². The lowest BCUT2D eigenvalue weighted by Crippen LogP contribution is -2.37. The number of phenols is 1. The van der Waals surface area contributed by atoms with Crippen molar-refractivity contribution in [2.75, 3.05) is 14.2 Å². The first-order valence-corrected chi connectivity index (χ1v) is 11.2. The predicted molar refractivity (Wildman–Crippen MR) is 124 cm³/mol. The molecule has 33 heavy (non-hydrogen) atoms. The molecule has 4 rings (SSSR count). The van der Waals surface area contributed by atoms with E-state index in [1.165, 1.54) is 37.3 Å². The Morgan fingerprint density at radius 1 is 1.03 bits per heavy atom. The minimum absolute atomic E-state index is 0.0891. The summed E-state index contributed by atoms with van der Waals surface area (Å²) in [6.07, 6.45) is 3.40. The Bertz CT molecular complexity index is 1130. The van der Waals surface area contributed by atoms with Crippen LogP contribution in [0.2, 0.25) is 10.0 Å². The van der Waals surface area contributed by atoms with Crippen LogP contribution in [0, 0.1) is 0 Å². The molecule has 1 aliphatic heterocycles. The van der Waals surface area contributed by atoms with Crippen molar-refractivity contribution >= 4 is 40.7 Å². The van der Waals surface area contributed by atoms with Gasteiger partial charge in [0.1, 0.15) is 5.76 Å². The molecule has 0 spiro atoms. The van der Waals surface area contributed by atoms with Crippen molar-refractivity contribution in [3.8, 4) is 17.2 Å². The number of hydrogen-bond acceptors (Lipinski definition) is 6. The third kappa shape index (κ3) is 4.00. The lowest BCUT2D eigenvalue weighted by Gasteiger charge is -2.31. The van der Waals surface area contributed by atoms with Crippen molar-refractivity contribution in [3.63, 3.8) is 0 Å². The number of hydrogen-bond donors (Lipinski definition) is 2. The largest absolute Gasteiger partial charge is 0.507 e. The summed E-state index contributed by atoms with van der Waals surface area (Å²) in [5, 5.41) is 21.9. The molecule has 2 aromatic carbocycles. The normalized spacial score (nSPS) is 20.5. The van der Waals surface area contributed by atoms with Crippen molar-refractivity contribution in [1.29, 1.82) is 0 Å². The van der Waals surface area contributed by atoms with Gasteiger partial charge in [-0.3, -0.25) is 9.59 Å². The molecule has 1 atom stereocenters. The van der Waals surface area contributed by atoms with Gasteiger partial charge in [-0.2, -0.15) is 0 Å². The fraction of sp³-hybridized carbons (Fsp3) is 0.333. The van der Waals surface area contributed by atoms with Gasteiger partial charge in [0.15, 0.2) is 17.2 Å². The zero-order chi connectivity index (χ0) is 23.9. The van der Waals surface area contributed by atoms with Crippen LogP contribution in [0.1, 0.15) is 42.9 Å². The van der Waals surface area contributed by atoms with E-state index in [9.17, 15) is 19.8 Å². The van der Waals surface area contributed by atoms with Gasteiger partial charge in [0.2, 0.25) is 0 Å². The smallest absolute Gasteiger partial charge is 0.295 e. The molecule has 2 aromatic rings. The summed E-state index contributed by atoms with van der Waals surface area (Å²) in [4.78, 5) is 27.8. The Morgan fingerprint density at radius 2 is 1.67 bits per heavy atom. The number of carbonyl (C=O) groups excluding carboxylic acids is 2. The van der Waals surface area contributed by atoms with Crippen LogP contribution < -0.4 is 9.47 Å². The molecule has 1 heterocycles. The van der Waals surface area contributed by atoms with Crippen molar-refractivity contribution in [2.45, 2.75) is 37.8 Å². The summed E-state index contributed by atoms with van der Waals surface area (Å²) in [7, 11) is 2.84. The molecule has 2 N–H and O–H groups in total. The Labute approximate surface area is 201 Å². The highest BCUT2D eigenvalue weighted by Crippen LogP contribution is 2.46. The molecule has 1 aliphatic carbocycles. The third-order valence-electron chi connectivity index (χ3n) is 6.19. The molecule has 7 nitrogen and oxygen atoms in total. The van der Waals surface area contributed by atoms with E-state index in [0.29, 0.717) is 5.56 Å². The summed E-state index contributed by atoms with van der Waals surface area (Å²) in [5.74, 6) is -1.54. The van der Waals surface area contributed by atoms with E-state index in [-0.39, 0.29) is 44.5 Å². The highest BCUT2D eigenvalue weighted by molar-refractivity contribution is 6.47. The number of aliphatic hydroxyl groups excluding tert-OH is 1. The van der Waals surface area contributed by atoms with Crippen LogP contribution in [0.15, 0.2) is 35.9 Å². The number of Topliss-reactive ketones (excluding diaryl/α,β-unsaturated/α-hetero) is 1. The second-order valence-electron chi connectivity index (χ2n) is 8.05. The number of benzene rings is 2. The first-order valence-electron chi connectivity index (χ1n) is 10.5. The zero-order valence-electron chi connectivity index (χ0n) is 18.1. The van der Waals surface area contributed by atoms with Crippen molar-refractivity contribution in [2.24, 2.45) is 0 Å². The number of ether oxygens (including phenoxy) is 2. The van der Waals surface area contributed by atoms with Gasteiger partial charge in [-0.25, -0.2) is 0 Å². The van der Waals surface area contributed by atoms with Crippen LogP contribution in [0.5, 0.6) is 17.2 Å². The SMILES string of the molecule is COc1ccc(C2/C(=C(\O)c3cc(Cl)c(OC)c(Cl)c3)C(=O)C(=O)N2C2CCCC2)cc1O. The highest BCUT2D eigenvalue weighted by Gasteiger charge is 2.49. The zero-order valence-corrected chi connectivity index (χ0v) is 19.6. The molecule has 0 radical (unpaired) electrons. The predicted octanol–water partition coefficient (Wildman–Crippen LogP) is 5.08. The van der Waals surface area contributed by atoms with E-state index >= 15 is 0 Å². The third-order valence-corrected chi connectivity index (χ3v) is 6.75. The number of ketones is 1. The van der Waals surface area contributed by atoms with E-state index in [1.807, 2.05) is 0 Å². The molecule has 1 saturated carbocycles. The van der Waals surface area contributed by atoms with Gasteiger partial charge < -0.3 is 24.6 Å². The average Bonchev–Trinajstić information content (AvgIpc) is 3.40. The molecule has 0 aromatic heterocycles. The topological polar surface area (TPSA) is 96.3 Å². The number of aliphatic hydroxyl groups is 1.